The number of hydrogen-bond acceptors (Lipinski definition) is 2. The fourth-order valence-electron chi connectivity index (χ4n) is 1.89. The molecular formula is C14H12BrClFNO2S. The minimum absolute atomic E-state index is 0.0879. The van der Waals surface area contributed by atoms with Crippen LogP contribution in [-0.2, 0) is 10.0 Å². The Morgan fingerprint density at radius 3 is 2.52 bits per heavy atom. The normalized spacial score (nSPS) is 11.4. The van der Waals surface area contributed by atoms with E-state index in [-0.39, 0.29) is 17.1 Å². The molecule has 0 saturated heterocycles. The first kappa shape index (κ1) is 16.3. The summed E-state index contributed by atoms with van der Waals surface area (Å²) in [5.74, 6) is -0.488. The number of hydrogen-bond donors (Lipinski definition) is 0. The maximum absolute atomic E-state index is 13.3. The van der Waals surface area contributed by atoms with Gasteiger partial charge >= 0.3 is 0 Å². The molecule has 0 fully saturated rings. The molecule has 0 radical (unpaired) electrons. The van der Waals surface area contributed by atoms with Crippen LogP contribution in [0.4, 0.5) is 10.1 Å². The molecule has 0 aromatic heterocycles. The van der Waals surface area contributed by atoms with Gasteiger partial charge in [-0.3, -0.25) is 4.31 Å². The van der Waals surface area contributed by atoms with Crippen LogP contribution in [0.15, 0.2) is 51.8 Å². The van der Waals surface area contributed by atoms with Gasteiger partial charge in [-0.05, 0) is 59.3 Å². The number of anilines is 1. The molecule has 0 heterocycles. The molecule has 0 aliphatic carbocycles. The second-order valence-corrected chi connectivity index (χ2v) is 7.35. The Bertz CT molecular complexity index is 767. The van der Waals surface area contributed by atoms with Crippen LogP contribution in [0, 0.1) is 5.82 Å². The minimum Gasteiger partial charge on any atom is -0.267 e. The first-order valence-electron chi connectivity index (χ1n) is 6.09. The lowest BCUT2D eigenvalue weighted by Gasteiger charge is -2.23. The number of benzene rings is 2. The molecule has 2 aromatic rings. The largest absolute Gasteiger partial charge is 0.267 e. The zero-order valence-corrected chi connectivity index (χ0v) is 14.2. The van der Waals surface area contributed by atoms with Crippen molar-refractivity contribution in [2.75, 3.05) is 10.8 Å². The Morgan fingerprint density at radius 1 is 1.24 bits per heavy atom. The molecule has 7 heteroatoms. The van der Waals surface area contributed by atoms with Crippen LogP contribution >= 0.6 is 27.5 Å². The average molecular weight is 393 g/mol. The van der Waals surface area contributed by atoms with Crippen LogP contribution < -0.4 is 4.31 Å². The van der Waals surface area contributed by atoms with E-state index in [9.17, 15) is 12.8 Å². The van der Waals surface area contributed by atoms with Crippen molar-refractivity contribution >= 4 is 43.2 Å². The van der Waals surface area contributed by atoms with Crippen LogP contribution in [0.2, 0.25) is 5.02 Å². The maximum Gasteiger partial charge on any atom is 0.264 e. The van der Waals surface area contributed by atoms with Gasteiger partial charge in [-0.1, -0.05) is 17.7 Å². The van der Waals surface area contributed by atoms with Crippen molar-refractivity contribution in [3.8, 4) is 0 Å². The van der Waals surface area contributed by atoms with Gasteiger partial charge in [0, 0.05) is 11.0 Å². The summed E-state index contributed by atoms with van der Waals surface area (Å²) in [4.78, 5) is 0.0879. The minimum atomic E-state index is -3.78. The summed E-state index contributed by atoms with van der Waals surface area (Å²) in [6, 6.07) is 9.83. The average Bonchev–Trinajstić information content (AvgIpc) is 2.42. The van der Waals surface area contributed by atoms with E-state index in [2.05, 4.69) is 15.9 Å². The van der Waals surface area contributed by atoms with E-state index in [0.717, 1.165) is 4.31 Å². The Morgan fingerprint density at radius 2 is 1.95 bits per heavy atom. The standard InChI is InChI=1S/C14H12BrClFNO2S/c1-2-18(11-5-3-4-10(17)8-11)21(19,20)12-6-7-14(16)13(15)9-12/h3-9H,2H2,1H3. The summed E-state index contributed by atoms with van der Waals surface area (Å²) in [7, 11) is -3.78. The maximum atomic E-state index is 13.3. The summed E-state index contributed by atoms with van der Waals surface area (Å²) in [6.07, 6.45) is 0. The van der Waals surface area contributed by atoms with E-state index in [0.29, 0.717) is 9.50 Å². The van der Waals surface area contributed by atoms with E-state index >= 15 is 0 Å². The van der Waals surface area contributed by atoms with Gasteiger partial charge in [0.15, 0.2) is 0 Å². The predicted octanol–water partition coefficient (Wildman–Crippen LogP) is 4.46. The van der Waals surface area contributed by atoms with Crippen molar-refractivity contribution < 1.29 is 12.8 Å². The Balaban J connectivity index is 2.51. The monoisotopic (exact) mass is 391 g/mol. The molecular weight excluding hydrogens is 381 g/mol. The van der Waals surface area contributed by atoms with Crippen molar-refractivity contribution in [1.29, 1.82) is 0 Å². The third-order valence-corrected chi connectivity index (χ3v) is 5.98. The van der Waals surface area contributed by atoms with Gasteiger partial charge < -0.3 is 0 Å². The fourth-order valence-corrected chi connectivity index (χ4v) is 4.03. The Hall–Kier alpha value is -1.11. The zero-order valence-electron chi connectivity index (χ0n) is 11.1. The second kappa shape index (κ2) is 6.34. The van der Waals surface area contributed by atoms with E-state index < -0.39 is 15.8 Å². The van der Waals surface area contributed by atoms with E-state index in [1.54, 1.807) is 13.0 Å². The highest BCUT2D eigenvalue weighted by Crippen LogP contribution is 2.29. The second-order valence-electron chi connectivity index (χ2n) is 4.23. The number of rotatable bonds is 4. The van der Waals surface area contributed by atoms with Crippen LogP contribution in [0.1, 0.15) is 6.92 Å². The summed E-state index contributed by atoms with van der Waals surface area (Å²) >= 11 is 9.08. The molecule has 0 aliphatic heterocycles. The van der Waals surface area contributed by atoms with Crippen molar-refractivity contribution in [3.63, 3.8) is 0 Å². The number of halogens is 3. The topological polar surface area (TPSA) is 37.4 Å². The van der Waals surface area contributed by atoms with Gasteiger partial charge in [0.05, 0.1) is 15.6 Å². The molecule has 0 amide bonds. The molecule has 0 atom stereocenters. The van der Waals surface area contributed by atoms with Crippen molar-refractivity contribution in [2.45, 2.75) is 11.8 Å². The van der Waals surface area contributed by atoms with Crippen LogP contribution in [0.3, 0.4) is 0 Å². The highest BCUT2D eigenvalue weighted by atomic mass is 79.9. The summed E-state index contributed by atoms with van der Waals surface area (Å²) in [5.41, 5.74) is 0.281. The SMILES string of the molecule is CCN(c1cccc(F)c1)S(=O)(=O)c1ccc(Cl)c(Br)c1. The lowest BCUT2D eigenvalue weighted by atomic mass is 10.3. The predicted molar refractivity (Wildman–Crippen MR) is 85.8 cm³/mol. The Labute approximate surface area is 136 Å². The molecule has 0 saturated carbocycles. The van der Waals surface area contributed by atoms with Gasteiger partial charge in [-0.15, -0.1) is 0 Å². The van der Waals surface area contributed by atoms with Gasteiger partial charge in [0.2, 0.25) is 0 Å². The molecule has 112 valence electrons. The number of sulfonamides is 1. The highest BCUT2D eigenvalue weighted by molar-refractivity contribution is 9.10. The molecule has 21 heavy (non-hydrogen) atoms. The van der Waals surface area contributed by atoms with E-state index in [4.69, 9.17) is 11.6 Å². The van der Waals surface area contributed by atoms with Crippen molar-refractivity contribution in [2.24, 2.45) is 0 Å². The van der Waals surface area contributed by atoms with E-state index in [1.165, 1.54) is 36.4 Å². The van der Waals surface area contributed by atoms with Gasteiger partial charge in [0.1, 0.15) is 5.82 Å². The lowest BCUT2D eigenvalue weighted by molar-refractivity contribution is 0.591. The van der Waals surface area contributed by atoms with E-state index in [1.807, 2.05) is 0 Å². The molecule has 0 aliphatic rings. The summed E-state index contributed by atoms with van der Waals surface area (Å²) in [6.45, 7) is 1.87. The molecule has 3 nitrogen and oxygen atoms in total. The number of nitrogens with zero attached hydrogens (tertiary/aromatic N) is 1. The molecule has 0 bridgehead atoms. The lowest BCUT2D eigenvalue weighted by Crippen LogP contribution is -2.30. The van der Waals surface area contributed by atoms with Crippen LogP contribution in [0.5, 0.6) is 0 Å². The molecule has 0 N–H and O–H groups in total. The first-order chi connectivity index (χ1) is 9.86. The molecule has 0 spiro atoms. The van der Waals surface area contributed by atoms with Crippen LogP contribution in [0.25, 0.3) is 0 Å². The fraction of sp³-hybridized carbons (Fsp3) is 0.143. The van der Waals surface area contributed by atoms with Gasteiger partial charge in [-0.2, -0.15) is 0 Å². The smallest absolute Gasteiger partial charge is 0.264 e. The Kier molecular flexibility index (Phi) is 4.91. The zero-order chi connectivity index (χ0) is 15.6. The van der Waals surface area contributed by atoms with Crippen molar-refractivity contribution in [3.05, 3.63) is 57.8 Å². The molecule has 2 aromatic carbocycles. The van der Waals surface area contributed by atoms with Gasteiger partial charge in [0.25, 0.3) is 10.0 Å². The third kappa shape index (κ3) is 3.39. The first-order valence-corrected chi connectivity index (χ1v) is 8.70. The van der Waals surface area contributed by atoms with Crippen LogP contribution in [-0.4, -0.2) is 15.0 Å². The summed E-state index contributed by atoms with van der Waals surface area (Å²) < 4.78 is 40.3. The summed E-state index contributed by atoms with van der Waals surface area (Å²) in [5, 5.41) is 0.419. The van der Waals surface area contributed by atoms with Crippen molar-refractivity contribution in [1.82, 2.24) is 0 Å². The molecule has 2 rings (SSSR count). The molecule has 0 unspecified atom stereocenters. The quantitative estimate of drug-likeness (QED) is 0.770. The third-order valence-electron chi connectivity index (χ3n) is 2.86. The van der Waals surface area contributed by atoms with Gasteiger partial charge in [-0.25, -0.2) is 12.8 Å². The highest BCUT2D eigenvalue weighted by Gasteiger charge is 2.24.